The maximum absolute atomic E-state index is 12.4. The molecule has 132 valence electrons. The first-order valence-electron chi connectivity index (χ1n) is 7.80. The van der Waals surface area contributed by atoms with Gasteiger partial charge in [-0.15, -0.1) is 0 Å². The summed E-state index contributed by atoms with van der Waals surface area (Å²) in [5, 5.41) is 5.28. The van der Waals surface area contributed by atoms with E-state index in [9.17, 15) is 14.4 Å². The van der Waals surface area contributed by atoms with Crippen molar-refractivity contribution in [1.82, 2.24) is 15.5 Å². The van der Waals surface area contributed by atoms with E-state index in [0.29, 0.717) is 11.3 Å². The molecule has 0 atom stereocenters. The molecule has 1 aromatic rings. The smallest absolute Gasteiger partial charge is 0.259 e. The molecule has 7 nitrogen and oxygen atoms in total. The predicted octanol–water partition coefficient (Wildman–Crippen LogP) is 0.762. The number of fused-ring (bicyclic) bond motifs is 1. The van der Waals surface area contributed by atoms with Crippen LogP contribution in [0, 0.1) is 6.92 Å². The number of ether oxygens (including phenoxy) is 1. The van der Waals surface area contributed by atoms with Crippen LogP contribution in [0.4, 0.5) is 0 Å². The Morgan fingerprint density at radius 3 is 2.72 bits per heavy atom. The molecule has 0 radical (unpaired) electrons. The van der Waals surface area contributed by atoms with E-state index in [1.807, 2.05) is 6.92 Å². The van der Waals surface area contributed by atoms with Gasteiger partial charge in [0, 0.05) is 18.8 Å². The van der Waals surface area contributed by atoms with Gasteiger partial charge in [-0.2, -0.15) is 0 Å². The number of hydrogen-bond acceptors (Lipinski definition) is 4. The number of hydrogen-bond donors (Lipinski definition) is 2. The zero-order chi connectivity index (χ0) is 18.4. The Bertz CT molecular complexity index is 740. The molecule has 0 aliphatic carbocycles. The largest absolute Gasteiger partial charge is 0.491 e. The molecular formula is C18H21N3O4. The Hall–Kier alpha value is -3.09. The second kappa shape index (κ2) is 8.14. The van der Waals surface area contributed by atoms with Crippen LogP contribution >= 0.6 is 0 Å². The highest BCUT2D eigenvalue weighted by molar-refractivity contribution is 5.98. The first kappa shape index (κ1) is 18.3. The van der Waals surface area contributed by atoms with Gasteiger partial charge in [-0.1, -0.05) is 12.6 Å². The molecule has 1 heterocycles. The summed E-state index contributed by atoms with van der Waals surface area (Å²) in [4.78, 5) is 37.4. The van der Waals surface area contributed by atoms with Gasteiger partial charge in [0.15, 0.2) is 0 Å². The Morgan fingerprint density at radius 1 is 1.20 bits per heavy atom. The van der Waals surface area contributed by atoms with Gasteiger partial charge < -0.3 is 20.3 Å². The first-order chi connectivity index (χ1) is 11.9. The average Bonchev–Trinajstić information content (AvgIpc) is 2.55. The normalized spacial score (nSPS) is 18.2. The van der Waals surface area contributed by atoms with Crippen molar-refractivity contribution in [2.45, 2.75) is 6.92 Å². The van der Waals surface area contributed by atoms with Crippen LogP contribution in [0.1, 0.15) is 15.9 Å². The molecule has 0 bridgehead atoms. The zero-order valence-electron chi connectivity index (χ0n) is 14.3. The second-order valence-electron chi connectivity index (χ2n) is 5.71. The quantitative estimate of drug-likeness (QED) is 0.728. The number of benzene rings is 1. The van der Waals surface area contributed by atoms with Gasteiger partial charge in [0.05, 0.1) is 18.7 Å². The monoisotopic (exact) mass is 343 g/mol. The van der Waals surface area contributed by atoms with E-state index in [1.165, 1.54) is 24.1 Å². The van der Waals surface area contributed by atoms with Crippen LogP contribution in [-0.4, -0.2) is 49.4 Å². The van der Waals surface area contributed by atoms with Crippen molar-refractivity contribution >= 4 is 17.7 Å². The summed E-state index contributed by atoms with van der Waals surface area (Å²) in [7, 11) is 1.51. The number of carbonyl (C=O) groups excluding carboxylic acids is 3. The second-order valence-corrected chi connectivity index (χ2v) is 5.71. The number of amides is 3. The Balaban J connectivity index is 2.27. The Labute approximate surface area is 146 Å². The summed E-state index contributed by atoms with van der Waals surface area (Å²) in [5.74, 6) is -0.621. The molecule has 7 heteroatoms. The third kappa shape index (κ3) is 5.20. The molecule has 25 heavy (non-hydrogen) atoms. The number of aryl methyl sites for hydroxylation is 1. The van der Waals surface area contributed by atoms with E-state index in [0.717, 1.165) is 5.56 Å². The summed E-state index contributed by atoms with van der Waals surface area (Å²) < 4.78 is 5.64. The molecule has 1 aliphatic heterocycles. The van der Waals surface area contributed by atoms with Gasteiger partial charge in [-0.25, -0.2) is 0 Å². The first-order valence-corrected chi connectivity index (χ1v) is 7.80. The molecule has 0 saturated carbocycles. The summed E-state index contributed by atoms with van der Waals surface area (Å²) in [6.07, 6.45) is 2.64. The molecule has 0 unspecified atom stereocenters. The summed E-state index contributed by atoms with van der Waals surface area (Å²) in [5.41, 5.74) is 1.56. The van der Waals surface area contributed by atoms with Crippen LogP contribution in [-0.2, 0) is 9.59 Å². The topological polar surface area (TPSA) is 87.7 Å². The number of rotatable bonds is 0. The van der Waals surface area contributed by atoms with Gasteiger partial charge >= 0.3 is 0 Å². The van der Waals surface area contributed by atoms with E-state index in [1.54, 1.807) is 18.2 Å². The number of carbonyl (C=O) groups is 3. The molecule has 2 rings (SSSR count). The van der Waals surface area contributed by atoms with Crippen molar-refractivity contribution in [3.63, 3.8) is 0 Å². The summed E-state index contributed by atoms with van der Waals surface area (Å²) in [6, 6.07) is 5.21. The molecule has 0 aromatic heterocycles. The van der Waals surface area contributed by atoms with E-state index >= 15 is 0 Å². The van der Waals surface area contributed by atoms with E-state index in [4.69, 9.17) is 4.74 Å². The minimum atomic E-state index is -0.385. The standard InChI is InChI=1S/C18H21N3O4/c1-12-4-6-14-15(10-12)25-9-8-19-16(22)11-21(3)17(23)7-5-13(2)20-18(14)24/h4-7,10H,2,8-9,11H2,1,3H3,(H,19,22)(H,20,24)/b7-5+. The minimum Gasteiger partial charge on any atom is -0.491 e. The van der Waals surface area contributed by atoms with Crippen LogP contribution in [0.5, 0.6) is 5.75 Å². The minimum absolute atomic E-state index is 0.0717. The lowest BCUT2D eigenvalue weighted by Gasteiger charge is -2.15. The highest BCUT2D eigenvalue weighted by atomic mass is 16.5. The predicted molar refractivity (Wildman–Crippen MR) is 93.1 cm³/mol. The molecule has 1 aliphatic rings. The average molecular weight is 343 g/mol. The van der Waals surface area contributed by atoms with Gasteiger partial charge in [-0.3, -0.25) is 14.4 Å². The van der Waals surface area contributed by atoms with Crippen LogP contribution in [0.3, 0.4) is 0 Å². The van der Waals surface area contributed by atoms with Gasteiger partial charge in [0.1, 0.15) is 12.4 Å². The third-order valence-corrected chi connectivity index (χ3v) is 3.52. The zero-order valence-corrected chi connectivity index (χ0v) is 14.3. The van der Waals surface area contributed by atoms with Crippen molar-refractivity contribution in [1.29, 1.82) is 0 Å². The molecule has 0 fully saturated rings. The molecule has 1 aromatic carbocycles. The van der Waals surface area contributed by atoms with Gasteiger partial charge in [0.25, 0.3) is 5.91 Å². The number of likely N-dealkylation sites (N-methyl/N-ethyl adjacent to an activating group) is 1. The van der Waals surface area contributed by atoms with Crippen molar-refractivity contribution in [2.24, 2.45) is 0 Å². The SMILES string of the molecule is C=C1/C=C/C(=O)N(C)CC(=O)NCCOc2cc(C)ccc2C(=O)N1. The molecule has 0 spiro atoms. The number of allylic oxidation sites excluding steroid dienone is 1. The van der Waals surface area contributed by atoms with E-state index in [-0.39, 0.29) is 43.1 Å². The van der Waals surface area contributed by atoms with E-state index in [2.05, 4.69) is 17.2 Å². The lowest BCUT2D eigenvalue weighted by atomic mass is 10.1. The summed E-state index contributed by atoms with van der Waals surface area (Å²) in [6.45, 7) is 5.99. The fraction of sp³-hybridized carbons (Fsp3) is 0.278. The van der Waals surface area contributed by atoms with Crippen LogP contribution in [0.2, 0.25) is 0 Å². The van der Waals surface area contributed by atoms with Crippen molar-refractivity contribution in [3.8, 4) is 5.75 Å². The third-order valence-electron chi connectivity index (χ3n) is 3.52. The Kier molecular flexibility index (Phi) is 5.94. The lowest BCUT2D eigenvalue weighted by Crippen LogP contribution is -2.39. The summed E-state index contributed by atoms with van der Waals surface area (Å²) >= 11 is 0. The lowest BCUT2D eigenvalue weighted by molar-refractivity contribution is -0.131. The van der Waals surface area contributed by atoms with Crippen molar-refractivity contribution in [3.05, 3.63) is 53.8 Å². The van der Waals surface area contributed by atoms with Gasteiger partial charge in [0.2, 0.25) is 11.8 Å². The fourth-order valence-corrected chi connectivity index (χ4v) is 2.19. The maximum Gasteiger partial charge on any atom is 0.259 e. The van der Waals surface area contributed by atoms with Crippen LogP contribution < -0.4 is 15.4 Å². The Morgan fingerprint density at radius 2 is 1.96 bits per heavy atom. The highest BCUT2D eigenvalue weighted by Gasteiger charge is 2.15. The van der Waals surface area contributed by atoms with Crippen LogP contribution in [0.25, 0.3) is 0 Å². The van der Waals surface area contributed by atoms with E-state index < -0.39 is 0 Å². The van der Waals surface area contributed by atoms with Crippen molar-refractivity contribution < 1.29 is 19.1 Å². The highest BCUT2D eigenvalue weighted by Crippen LogP contribution is 2.20. The molecule has 3 amide bonds. The van der Waals surface area contributed by atoms with Crippen molar-refractivity contribution in [2.75, 3.05) is 26.7 Å². The number of nitrogens with one attached hydrogen (secondary N) is 2. The molecular weight excluding hydrogens is 322 g/mol. The molecule has 2 N–H and O–H groups in total. The fourth-order valence-electron chi connectivity index (χ4n) is 2.19. The maximum atomic E-state index is 12.4. The number of nitrogens with zero attached hydrogens (tertiary/aromatic N) is 1. The molecule has 0 saturated heterocycles. The van der Waals surface area contributed by atoms with Crippen LogP contribution in [0.15, 0.2) is 42.6 Å². The van der Waals surface area contributed by atoms with Gasteiger partial charge in [-0.05, 0) is 30.7 Å².